The maximum Gasteiger partial charge on any atom is 0.193 e. The Morgan fingerprint density at radius 3 is 2.48 bits per heavy atom. The van der Waals surface area contributed by atoms with E-state index in [0.29, 0.717) is 6.04 Å². The lowest BCUT2D eigenvalue weighted by Gasteiger charge is -2.39. The molecule has 2 heterocycles. The van der Waals surface area contributed by atoms with Crippen molar-refractivity contribution in [3.05, 3.63) is 29.8 Å². The van der Waals surface area contributed by atoms with Gasteiger partial charge >= 0.3 is 0 Å². The highest BCUT2D eigenvalue weighted by Crippen LogP contribution is 2.39. The number of benzene rings is 1. The number of ether oxygens (including phenoxy) is 2. The van der Waals surface area contributed by atoms with Crippen LogP contribution in [0.25, 0.3) is 0 Å². The lowest BCUT2D eigenvalue weighted by atomic mass is 9.69. The summed E-state index contributed by atoms with van der Waals surface area (Å²) in [5.74, 6) is 1.99. The maximum atomic E-state index is 5.53. The zero-order valence-electron chi connectivity index (χ0n) is 19.1. The molecule has 1 atom stereocenters. The SMILES string of the molecule is CN=C(NCC1(c2ccc(OC)cc2)CCCCC1)N1CCC(N2CCOCC2)C1.I. The summed E-state index contributed by atoms with van der Waals surface area (Å²) in [4.78, 5) is 9.70. The van der Waals surface area contributed by atoms with Crippen LogP contribution in [0, 0.1) is 0 Å². The van der Waals surface area contributed by atoms with Gasteiger partial charge in [0.25, 0.3) is 0 Å². The standard InChI is InChI=1S/C24H38N4O2.HI/c1-25-23(28-13-10-21(18-28)27-14-16-30-17-15-27)26-19-24(11-4-3-5-12-24)20-6-8-22(29-2)9-7-20;/h6-9,21H,3-5,10-19H2,1-2H3,(H,25,26);1H. The molecule has 2 aliphatic heterocycles. The number of rotatable bonds is 5. The Morgan fingerprint density at radius 1 is 1.13 bits per heavy atom. The van der Waals surface area contributed by atoms with Crippen LogP contribution in [-0.2, 0) is 10.2 Å². The van der Waals surface area contributed by atoms with Gasteiger partial charge < -0.3 is 19.7 Å². The molecule has 0 radical (unpaired) electrons. The van der Waals surface area contributed by atoms with E-state index in [-0.39, 0.29) is 29.4 Å². The Labute approximate surface area is 204 Å². The summed E-state index contributed by atoms with van der Waals surface area (Å²) < 4.78 is 10.9. The molecule has 6 nitrogen and oxygen atoms in total. The summed E-state index contributed by atoms with van der Waals surface area (Å²) >= 11 is 0. The number of halogens is 1. The van der Waals surface area contributed by atoms with Crippen molar-refractivity contribution in [1.29, 1.82) is 0 Å². The fourth-order valence-corrected chi connectivity index (χ4v) is 5.50. The van der Waals surface area contributed by atoms with E-state index in [1.807, 2.05) is 7.05 Å². The number of nitrogens with one attached hydrogen (secondary N) is 1. The molecule has 1 aromatic rings. The quantitative estimate of drug-likeness (QED) is 0.351. The zero-order valence-corrected chi connectivity index (χ0v) is 21.5. The van der Waals surface area contributed by atoms with Crippen LogP contribution in [0.2, 0.25) is 0 Å². The van der Waals surface area contributed by atoms with E-state index in [1.165, 1.54) is 44.1 Å². The van der Waals surface area contributed by atoms with E-state index in [9.17, 15) is 0 Å². The summed E-state index contributed by atoms with van der Waals surface area (Å²) in [6.07, 6.45) is 7.63. The monoisotopic (exact) mass is 542 g/mol. The van der Waals surface area contributed by atoms with Crippen molar-refractivity contribution in [2.24, 2.45) is 4.99 Å². The summed E-state index contributed by atoms with van der Waals surface area (Å²) in [5, 5.41) is 3.77. The highest BCUT2D eigenvalue weighted by atomic mass is 127. The second-order valence-corrected chi connectivity index (χ2v) is 9.01. The van der Waals surface area contributed by atoms with Crippen molar-refractivity contribution in [2.75, 3.05) is 60.1 Å². The summed E-state index contributed by atoms with van der Waals surface area (Å²) in [7, 11) is 3.66. The van der Waals surface area contributed by atoms with Gasteiger partial charge in [0.05, 0.1) is 20.3 Å². The molecule has 4 rings (SSSR count). The van der Waals surface area contributed by atoms with Gasteiger partial charge in [-0.3, -0.25) is 9.89 Å². The van der Waals surface area contributed by atoms with Crippen LogP contribution in [0.4, 0.5) is 0 Å². The largest absolute Gasteiger partial charge is 0.497 e. The van der Waals surface area contributed by atoms with Crippen LogP contribution in [0.5, 0.6) is 5.75 Å². The number of hydrogen-bond donors (Lipinski definition) is 1. The maximum absolute atomic E-state index is 5.53. The van der Waals surface area contributed by atoms with Crippen molar-refractivity contribution in [3.8, 4) is 5.75 Å². The predicted octanol–water partition coefficient (Wildman–Crippen LogP) is 3.50. The van der Waals surface area contributed by atoms with Crippen LogP contribution in [0.15, 0.2) is 29.3 Å². The first-order valence-electron chi connectivity index (χ1n) is 11.7. The molecule has 1 saturated carbocycles. The molecule has 0 amide bonds. The molecule has 0 bridgehead atoms. The molecule has 1 aliphatic carbocycles. The third-order valence-electron chi connectivity index (χ3n) is 7.33. The first kappa shape index (κ1) is 24.6. The number of hydrogen-bond acceptors (Lipinski definition) is 4. The fourth-order valence-electron chi connectivity index (χ4n) is 5.50. The second kappa shape index (κ2) is 11.7. The van der Waals surface area contributed by atoms with Gasteiger partial charge in [-0.2, -0.15) is 0 Å². The molecule has 174 valence electrons. The number of guanidine groups is 1. The molecular weight excluding hydrogens is 503 g/mol. The van der Waals surface area contributed by atoms with E-state index < -0.39 is 0 Å². The topological polar surface area (TPSA) is 49.3 Å². The minimum Gasteiger partial charge on any atom is -0.497 e. The van der Waals surface area contributed by atoms with Crippen LogP contribution >= 0.6 is 24.0 Å². The number of aliphatic imine (C=N–C) groups is 1. The van der Waals surface area contributed by atoms with Crippen LogP contribution in [0.1, 0.15) is 44.1 Å². The third-order valence-corrected chi connectivity index (χ3v) is 7.33. The molecule has 31 heavy (non-hydrogen) atoms. The Kier molecular flexibility index (Phi) is 9.28. The van der Waals surface area contributed by atoms with E-state index in [4.69, 9.17) is 9.47 Å². The van der Waals surface area contributed by atoms with Gasteiger partial charge in [-0.15, -0.1) is 24.0 Å². The van der Waals surface area contributed by atoms with Crippen LogP contribution in [0.3, 0.4) is 0 Å². The molecule has 1 unspecified atom stereocenters. The van der Waals surface area contributed by atoms with Crippen molar-refractivity contribution >= 4 is 29.9 Å². The third kappa shape index (κ3) is 5.85. The van der Waals surface area contributed by atoms with Gasteiger partial charge in [0.2, 0.25) is 0 Å². The molecular formula is C24H39IN4O2. The molecule has 0 spiro atoms. The molecule has 3 aliphatic rings. The van der Waals surface area contributed by atoms with Crippen molar-refractivity contribution in [3.63, 3.8) is 0 Å². The first-order chi connectivity index (χ1) is 14.7. The Balaban J connectivity index is 0.00000272. The van der Waals surface area contributed by atoms with Crippen molar-refractivity contribution < 1.29 is 9.47 Å². The van der Waals surface area contributed by atoms with Gasteiger partial charge in [0.15, 0.2) is 5.96 Å². The zero-order chi connectivity index (χ0) is 20.8. The van der Waals surface area contributed by atoms with E-state index in [1.54, 1.807) is 7.11 Å². The van der Waals surface area contributed by atoms with E-state index in [2.05, 4.69) is 44.4 Å². The summed E-state index contributed by atoms with van der Waals surface area (Å²) in [6, 6.07) is 9.36. The summed E-state index contributed by atoms with van der Waals surface area (Å²) in [5.41, 5.74) is 1.61. The average molecular weight is 543 g/mol. The summed E-state index contributed by atoms with van der Waals surface area (Å²) in [6.45, 7) is 6.95. The lowest BCUT2D eigenvalue weighted by Crippen LogP contribution is -2.49. The molecule has 1 N–H and O–H groups in total. The Bertz CT molecular complexity index is 700. The van der Waals surface area contributed by atoms with Gasteiger partial charge in [-0.05, 0) is 37.0 Å². The number of nitrogens with zero attached hydrogens (tertiary/aromatic N) is 3. The molecule has 1 aromatic carbocycles. The van der Waals surface area contributed by atoms with E-state index >= 15 is 0 Å². The minimum absolute atomic E-state index is 0. The van der Waals surface area contributed by atoms with Crippen molar-refractivity contribution in [2.45, 2.75) is 50.0 Å². The van der Waals surface area contributed by atoms with E-state index in [0.717, 1.165) is 57.6 Å². The molecule has 3 fully saturated rings. The second-order valence-electron chi connectivity index (χ2n) is 9.01. The van der Waals surface area contributed by atoms with Gasteiger partial charge in [-0.25, -0.2) is 0 Å². The molecule has 2 saturated heterocycles. The average Bonchev–Trinajstić information content (AvgIpc) is 3.31. The molecule has 7 heteroatoms. The smallest absolute Gasteiger partial charge is 0.193 e. The van der Waals surface area contributed by atoms with Gasteiger partial charge in [0, 0.05) is 51.2 Å². The van der Waals surface area contributed by atoms with Crippen molar-refractivity contribution in [1.82, 2.24) is 15.1 Å². The number of methoxy groups -OCH3 is 1. The molecule has 0 aromatic heterocycles. The van der Waals surface area contributed by atoms with Gasteiger partial charge in [0.1, 0.15) is 5.75 Å². The van der Waals surface area contributed by atoms with Crippen LogP contribution < -0.4 is 10.1 Å². The highest BCUT2D eigenvalue weighted by Gasteiger charge is 2.35. The number of morpholine rings is 1. The highest BCUT2D eigenvalue weighted by molar-refractivity contribution is 14.0. The lowest BCUT2D eigenvalue weighted by molar-refractivity contribution is 0.0194. The number of likely N-dealkylation sites (tertiary alicyclic amines) is 1. The first-order valence-corrected chi connectivity index (χ1v) is 11.7. The minimum atomic E-state index is 0. The Morgan fingerprint density at radius 2 is 1.84 bits per heavy atom. The fraction of sp³-hybridized carbons (Fsp3) is 0.708. The Hall–Kier alpha value is -1.06. The predicted molar refractivity (Wildman–Crippen MR) is 137 cm³/mol. The van der Waals surface area contributed by atoms with Gasteiger partial charge in [-0.1, -0.05) is 31.4 Å². The normalized spacial score (nSPS) is 24.5. The van der Waals surface area contributed by atoms with Crippen LogP contribution in [-0.4, -0.2) is 81.9 Å².